The first-order chi connectivity index (χ1) is 7.54. The van der Waals surface area contributed by atoms with Crippen LogP contribution in [0.3, 0.4) is 0 Å². The monoisotopic (exact) mass is 214 g/mol. The molecule has 0 aliphatic rings. The summed E-state index contributed by atoms with van der Waals surface area (Å²) in [6, 6.07) is 12.5. The van der Waals surface area contributed by atoms with Crippen molar-refractivity contribution >= 4 is 0 Å². The molecule has 0 aliphatic heterocycles. The predicted molar refractivity (Wildman–Crippen MR) is 67.3 cm³/mol. The summed E-state index contributed by atoms with van der Waals surface area (Å²) in [7, 11) is 0. The summed E-state index contributed by atoms with van der Waals surface area (Å²) < 4.78 is 5.40. The Bertz CT molecular complexity index is 447. The molecule has 0 spiro atoms. The van der Waals surface area contributed by atoms with Crippen molar-refractivity contribution in [1.29, 1.82) is 0 Å². The van der Waals surface area contributed by atoms with E-state index < -0.39 is 0 Å². The highest BCUT2D eigenvalue weighted by molar-refractivity contribution is 5.58. The lowest BCUT2D eigenvalue weighted by atomic mass is 9.87. The maximum absolute atomic E-state index is 5.40. The fourth-order valence-electron chi connectivity index (χ4n) is 1.89. The van der Waals surface area contributed by atoms with Gasteiger partial charge < -0.3 is 4.42 Å². The summed E-state index contributed by atoms with van der Waals surface area (Å²) in [4.78, 5) is 0. The molecule has 1 aromatic heterocycles. The second-order valence-electron chi connectivity index (χ2n) is 5.42. The number of hydrogen-bond donors (Lipinski definition) is 0. The Morgan fingerprint density at radius 3 is 2.50 bits per heavy atom. The van der Waals surface area contributed by atoms with Gasteiger partial charge in [0.2, 0.25) is 0 Å². The fraction of sp³-hybridized carbons (Fsp3) is 0.333. The fourth-order valence-corrected chi connectivity index (χ4v) is 1.89. The number of benzene rings is 1. The first-order valence-electron chi connectivity index (χ1n) is 5.67. The molecule has 0 saturated heterocycles. The van der Waals surface area contributed by atoms with E-state index in [1.54, 1.807) is 6.26 Å². The lowest BCUT2D eigenvalue weighted by Gasteiger charge is -2.18. The third-order valence-corrected chi connectivity index (χ3v) is 2.47. The molecule has 0 saturated carbocycles. The Kier molecular flexibility index (Phi) is 2.86. The average Bonchev–Trinajstić information content (AvgIpc) is 2.68. The molecule has 0 amide bonds. The van der Waals surface area contributed by atoms with Crippen molar-refractivity contribution in [2.75, 3.05) is 0 Å². The van der Waals surface area contributed by atoms with Crippen molar-refractivity contribution in [3.63, 3.8) is 0 Å². The maximum atomic E-state index is 5.40. The molecule has 1 nitrogen and oxygen atoms in total. The van der Waals surface area contributed by atoms with Gasteiger partial charge in [-0.25, -0.2) is 0 Å². The normalized spacial score (nSPS) is 11.7. The topological polar surface area (TPSA) is 13.1 Å². The quantitative estimate of drug-likeness (QED) is 0.715. The van der Waals surface area contributed by atoms with Gasteiger partial charge in [-0.15, -0.1) is 0 Å². The van der Waals surface area contributed by atoms with E-state index in [2.05, 4.69) is 45.0 Å². The summed E-state index contributed by atoms with van der Waals surface area (Å²) in [6.07, 6.45) is 2.80. The minimum atomic E-state index is 0.321. The maximum Gasteiger partial charge on any atom is 0.133 e. The molecule has 0 fully saturated rings. The summed E-state index contributed by atoms with van der Waals surface area (Å²) in [5.74, 6) is 0.941. The van der Waals surface area contributed by atoms with Gasteiger partial charge in [0.1, 0.15) is 5.76 Å². The van der Waals surface area contributed by atoms with E-state index in [0.717, 1.165) is 17.7 Å². The Balaban J connectivity index is 2.27. The SMILES string of the molecule is CC(C)(C)Cc1cccc(-c2ccco2)c1. The van der Waals surface area contributed by atoms with Crippen LogP contribution >= 0.6 is 0 Å². The van der Waals surface area contributed by atoms with E-state index in [0.29, 0.717) is 5.41 Å². The first-order valence-corrected chi connectivity index (χ1v) is 5.67. The first kappa shape index (κ1) is 11.0. The van der Waals surface area contributed by atoms with Crippen molar-refractivity contribution in [1.82, 2.24) is 0 Å². The van der Waals surface area contributed by atoms with Crippen molar-refractivity contribution < 1.29 is 4.42 Å². The van der Waals surface area contributed by atoms with E-state index in [1.165, 1.54) is 5.56 Å². The Morgan fingerprint density at radius 2 is 1.88 bits per heavy atom. The molecule has 0 bridgehead atoms. The van der Waals surface area contributed by atoms with Crippen LogP contribution in [0.2, 0.25) is 0 Å². The van der Waals surface area contributed by atoms with Gasteiger partial charge in [0.05, 0.1) is 6.26 Å². The average molecular weight is 214 g/mol. The Hall–Kier alpha value is -1.50. The van der Waals surface area contributed by atoms with E-state index in [9.17, 15) is 0 Å². The van der Waals surface area contributed by atoms with Crippen LogP contribution in [0.25, 0.3) is 11.3 Å². The van der Waals surface area contributed by atoms with Gasteiger partial charge in [0, 0.05) is 5.56 Å². The molecule has 1 heterocycles. The van der Waals surface area contributed by atoms with Crippen molar-refractivity contribution in [3.05, 3.63) is 48.2 Å². The molecule has 0 aliphatic carbocycles. The molecule has 2 rings (SSSR count). The molecule has 1 aromatic carbocycles. The van der Waals surface area contributed by atoms with E-state index in [1.807, 2.05) is 12.1 Å². The van der Waals surface area contributed by atoms with E-state index >= 15 is 0 Å². The summed E-state index contributed by atoms with van der Waals surface area (Å²) in [5, 5.41) is 0. The van der Waals surface area contributed by atoms with Crippen LogP contribution in [0.1, 0.15) is 26.3 Å². The number of rotatable bonds is 2. The van der Waals surface area contributed by atoms with Gasteiger partial charge in [-0.1, -0.05) is 39.0 Å². The van der Waals surface area contributed by atoms with Gasteiger partial charge in [0.25, 0.3) is 0 Å². The minimum absolute atomic E-state index is 0.321. The van der Waals surface area contributed by atoms with Gasteiger partial charge in [-0.05, 0) is 35.6 Å². The lowest BCUT2D eigenvalue weighted by molar-refractivity contribution is 0.411. The third-order valence-electron chi connectivity index (χ3n) is 2.47. The third kappa shape index (κ3) is 2.75. The molecular formula is C15H18O. The Labute approximate surface area is 97.1 Å². The molecule has 0 atom stereocenters. The van der Waals surface area contributed by atoms with Crippen molar-refractivity contribution in [2.45, 2.75) is 27.2 Å². The smallest absolute Gasteiger partial charge is 0.133 e. The van der Waals surface area contributed by atoms with Crippen LogP contribution in [-0.4, -0.2) is 0 Å². The van der Waals surface area contributed by atoms with Crippen LogP contribution in [-0.2, 0) is 6.42 Å². The molecule has 16 heavy (non-hydrogen) atoms. The second kappa shape index (κ2) is 4.17. The molecule has 0 radical (unpaired) electrons. The molecule has 84 valence electrons. The highest BCUT2D eigenvalue weighted by Crippen LogP contribution is 2.25. The minimum Gasteiger partial charge on any atom is -0.464 e. The second-order valence-corrected chi connectivity index (χ2v) is 5.42. The van der Waals surface area contributed by atoms with Crippen LogP contribution < -0.4 is 0 Å². The van der Waals surface area contributed by atoms with Gasteiger partial charge in [-0.3, -0.25) is 0 Å². The standard InChI is InChI=1S/C15H18O/c1-15(2,3)11-12-6-4-7-13(10-12)14-8-5-9-16-14/h4-10H,11H2,1-3H3. The molecule has 2 aromatic rings. The summed E-state index contributed by atoms with van der Waals surface area (Å²) in [6.45, 7) is 6.77. The lowest BCUT2D eigenvalue weighted by Crippen LogP contribution is -2.08. The highest BCUT2D eigenvalue weighted by atomic mass is 16.3. The van der Waals surface area contributed by atoms with Crippen molar-refractivity contribution in [2.24, 2.45) is 5.41 Å². The zero-order chi connectivity index (χ0) is 11.6. The van der Waals surface area contributed by atoms with Crippen LogP contribution in [0.5, 0.6) is 0 Å². The Morgan fingerprint density at radius 1 is 1.06 bits per heavy atom. The predicted octanol–water partition coefficient (Wildman–Crippen LogP) is 4.54. The molecule has 1 heteroatoms. The summed E-state index contributed by atoms with van der Waals surface area (Å²) in [5.41, 5.74) is 2.84. The zero-order valence-corrected chi connectivity index (χ0v) is 10.2. The molecule has 0 unspecified atom stereocenters. The number of furan rings is 1. The van der Waals surface area contributed by atoms with E-state index in [-0.39, 0.29) is 0 Å². The van der Waals surface area contributed by atoms with Crippen LogP contribution in [0.15, 0.2) is 47.1 Å². The van der Waals surface area contributed by atoms with E-state index in [4.69, 9.17) is 4.42 Å². The van der Waals surface area contributed by atoms with Gasteiger partial charge >= 0.3 is 0 Å². The summed E-state index contributed by atoms with van der Waals surface area (Å²) >= 11 is 0. The van der Waals surface area contributed by atoms with Crippen molar-refractivity contribution in [3.8, 4) is 11.3 Å². The van der Waals surface area contributed by atoms with Crippen LogP contribution in [0, 0.1) is 5.41 Å². The van der Waals surface area contributed by atoms with Gasteiger partial charge in [-0.2, -0.15) is 0 Å². The number of hydrogen-bond acceptors (Lipinski definition) is 1. The molecular weight excluding hydrogens is 196 g/mol. The largest absolute Gasteiger partial charge is 0.464 e. The highest BCUT2D eigenvalue weighted by Gasteiger charge is 2.11. The van der Waals surface area contributed by atoms with Gasteiger partial charge in [0.15, 0.2) is 0 Å². The van der Waals surface area contributed by atoms with Crippen LogP contribution in [0.4, 0.5) is 0 Å². The molecule has 0 N–H and O–H groups in total. The zero-order valence-electron chi connectivity index (χ0n) is 10.2.